The second kappa shape index (κ2) is 10.9. The van der Waals surface area contributed by atoms with E-state index in [1.807, 2.05) is 26.1 Å². The Morgan fingerprint density at radius 1 is 1.10 bits per heavy atom. The molecule has 1 aromatic carbocycles. The van der Waals surface area contributed by atoms with Gasteiger partial charge in [-0.05, 0) is 56.2 Å². The monoisotopic (exact) mass is 539 g/mol. The first-order chi connectivity index (χ1) is 18.6. The summed E-state index contributed by atoms with van der Waals surface area (Å²) < 4.78 is 25.6. The summed E-state index contributed by atoms with van der Waals surface area (Å²) in [6, 6.07) is 8.33. The smallest absolute Gasteiger partial charge is 0.407 e. The Bertz CT molecular complexity index is 1290. The van der Waals surface area contributed by atoms with Gasteiger partial charge in [0, 0.05) is 38.9 Å². The van der Waals surface area contributed by atoms with Crippen LogP contribution in [-0.4, -0.2) is 58.9 Å². The summed E-state index contributed by atoms with van der Waals surface area (Å²) >= 11 is 0. The highest BCUT2D eigenvalue weighted by molar-refractivity contribution is 5.65. The molecule has 1 N–H and O–H groups in total. The number of carboxylic acid groups (broad SMARTS) is 1. The molecule has 0 spiro atoms. The summed E-state index contributed by atoms with van der Waals surface area (Å²) in [7, 11) is 2.00. The summed E-state index contributed by atoms with van der Waals surface area (Å²) in [6.07, 6.45) is 4.29. The molecular weight excluding hydrogens is 501 g/mol. The van der Waals surface area contributed by atoms with E-state index in [1.165, 1.54) is 10.5 Å². The first-order valence-corrected chi connectivity index (χ1v) is 13.9. The summed E-state index contributed by atoms with van der Waals surface area (Å²) in [6.45, 7) is 6.66. The van der Waals surface area contributed by atoms with Gasteiger partial charge < -0.3 is 19.3 Å². The highest BCUT2D eigenvalue weighted by Crippen LogP contribution is 2.40. The maximum atomic E-state index is 15.5. The van der Waals surface area contributed by atoms with Gasteiger partial charge in [-0.2, -0.15) is 0 Å². The van der Waals surface area contributed by atoms with Gasteiger partial charge in [0.15, 0.2) is 17.6 Å². The van der Waals surface area contributed by atoms with Gasteiger partial charge in [-0.3, -0.25) is 0 Å². The van der Waals surface area contributed by atoms with Gasteiger partial charge in [-0.1, -0.05) is 31.2 Å². The zero-order valence-electron chi connectivity index (χ0n) is 23.1. The largest absolute Gasteiger partial charge is 0.483 e. The number of benzene rings is 1. The lowest BCUT2D eigenvalue weighted by Gasteiger charge is -2.33. The number of nitrogens with zero attached hydrogens (tertiary/aromatic N) is 7. The van der Waals surface area contributed by atoms with Crippen LogP contribution in [0.3, 0.4) is 0 Å². The fourth-order valence-electron chi connectivity index (χ4n) is 5.83. The number of rotatable bonds is 7. The van der Waals surface area contributed by atoms with Gasteiger partial charge in [-0.25, -0.2) is 13.9 Å². The van der Waals surface area contributed by atoms with E-state index in [9.17, 15) is 4.79 Å². The molecule has 1 aliphatic carbocycles. The number of carbonyl (C=O) groups is 1. The van der Waals surface area contributed by atoms with Gasteiger partial charge >= 0.3 is 6.09 Å². The second-order valence-corrected chi connectivity index (χ2v) is 11.3. The maximum Gasteiger partial charge on any atom is 0.407 e. The molecule has 1 aliphatic heterocycles. The quantitative estimate of drug-likeness (QED) is 0.422. The van der Waals surface area contributed by atoms with E-state index in [1.54, 1.807) is 10.9 Å². The molecule has 10 nitrogen and oxygen atoms in total. The molecule has 3 heterocycles. The Morgan fingerprint density at radius 2 is 1.82 bits per heavy atom. The lowest BCUT2D eigenvalue weighted by atomic mass is 9.85. The molecule has 39 heavy (non-hydrogen) atoms. The molecule has 11 heteroatoms. The molecule has 2 aliphatic rings. The topological polar surface area (TPSA) is 111 Å². The molecule has 0 radical (unpaired) electrons. The van der Waals surface area contributed by atoms with E-state index >= 15 is 4.39 Å². The molecule has 210 valence electrons. The van der Waals surface area contributed by atoms with E-state index in [0.29, 0.717) is 11.6 Å². The van der Waals surface area contributed by atoms with Crippen LogP contribution in [0.5, 0.6) is 5.75 Å². The SMILES string of the molecule is CC(C)c1cccc(O[C@H](C)c2nnc([C@H]3CC[C@H](n4cc(C5(F)CCN(C(=O)O)CC5)nn4)CC3)n2C)c1. The predicted molar refractivity (Wildman–Crippen MR) is 142 cm³/mol. The van der Waals surface area contributed by atoms with Gasteiger partial charge in [-0.15, -0.1) is 15.3 Å². The van der Waals surface area contributed by atoms with Crippen molar-refractivity contribution in [3.63, 3.8) is 0 Å². The first-order valence-electron chi connectivity index (χ1n) is 13.9. The molecule has 3 aromatic rings. The Kier molecular flexibility index (Phi) is 7.59. The van der Waals surface area contributed by atoms with Gasteiger partial charge in [0.1, 0.15) is 17.3 Å². The molecule has 2 aromatic heterocycles. The number of piperidine rings is 1. The van der Waals surface area contributed by atoms with Crippen LogP contribution < -0.4 is 4.74 Å². The van der Waals surface area contributed by atoms with E-state index in [4.69, 9.17) is 9.84 Å². The van der Waals surface area contributed by atoms with Crippen molar-refractivity contribution < 1.29 is 19.0 Å². The average molecular weight is 540 g/mol. The summed E-state index contributed by atoms with van der Waals surface area (Å²) in [5, 5.41) is 26.6. The van der Waals surface area contributed by atoms with Gasteiger partial charge in [0.25, 0.3) is 0 Å². The van der Waals surface area contributed by atoms with Crippen LogP contribution in [0.2, 0.25) is 0 Å². The number of hydrogen-bond acceptors (Lipinski definition) is 6. The van der Waals surface area contributed by atoms with Gasteiger partial charge in [0.05, 0.1) is 12.2 Å². The number of halogens is 1. The molecular formula is C28H38FN7O3. The normalized spacial score (nSPS) is 22.2. The number of alkyl halides is 1. The molecule has 2 fully saturated rings. The summed E-state index contributed by atoms with van der Waals surface area (Å²) in [5.41, 5.74) is -0.0916. The van der Waals surface area contributed by atoms with Crippen LogP contribution in [0.15, 0.2) is 30.5 Å². The molecule has 5 rings (SSSR count). The molecule has 1 atom stereocenters. The lowest BCUT2D eigenvalue weighted by Crippen LogP contribution is -2.42. The summed E-state index contributed by atoms with van der Waals surface area (Å²) in [4.78, 5) is 12.4. The lowest BCUT2D eigenvalue weighted by molar-refractivity contribution is 0.0520. The highest BCUT2D eigenvalue weighted by Gasteiger charge is 2.40. The van der Waals surface area contributed by atoms with Crippen LogP contribution in [0.4, 0.5) is 9.18 Å². The van der Waals surface area contributed by atoms with Crippen molar-refractivity contribution in [2.24, 2.45) is 7.05 Å². The number of likely N-dealkylation sites (tertiary alicyclic amines) is 1. The van der Waals surface area contributed by atoms with Crippen molar-refractivity contribution in [2.75, 3.05) is 13.1 Å². The van der Waals surface area contributed by atoms with Crippen LogP contribution in [0, 0.1) is 0 Å². The van der Waals surface area contributed by atoms with E-state index in [-0.39, 0.29) is 44.0 Å². The van der Waals surface area contributed by atoms with Crippen LogP contribution in [-0.2, 0) is 12.7 Å². The first kappa shape index (κ1) is 27.1. The Labute approximate surface area is 228 Å². The minimum atomic E-state index is -1.63. The Balaban J connectivity index is 1.19. The molecule has 1 saturated heterocycles. The number of amides is 1. The molecule has 1 saturated carbocycles. The van der Waals surface area contributed by atoms with Crippen molar-refractivity contribution >= 4 is 6.09 Å². The molecule has 1 amide bonds. The third kappa shape index (κ3) is 5.62. The predicted octanol–water partition coefficient (Wildman–Crippen LogP) is 5.51. The number of hydrogen-bond donors (Lipinski definition) is 1. The van der Waals surface area contributed by atoms with Crippen LogP contribution in [0.1, 0.15) is 106 Å². The highest BCUT2D eigenvalue weighted by atomic mass is 19.1. The molecule has 0 unspecified atom stereocenters. The third-order valence-corrected chi connectivity index (χ3v) is 8.38. The minimum Gasteiger partial charge on any atom is -0.483 e. The summed E-state index contributed by atoms with van der Waals surface area (Å²) in [5.74, 6) is 3.29. The van der Waals surface area contributed by atoms with E-state index in [0.717, 1.165) is 43.1 Å². The fraction of sp³-hybridized carbons (Fsp3) is 0.607. The third-order valence-electron chi connectivity index (χ3n) is 8.38. The zero-order valence-corrected chi connectivity index (χ0v) is 23.1. The second-order valence-electron chi connectivity index (χ2n) is 11.3. The van der Waals surface area contributed by atoms with E-state index in [2.05, 4.69) is 51.1 Å². The number of ether oxygens (including phenoxy) is 1. The Hall–Kier alpha value is -3.50. The van der Waals surface area contributed by atoms with Crippen molar-refractivity contribution in [2.45, 2.75) is 88.9 Å². The fourth-order valence-corrected chi connectivity index (χ4v) is 5.83. The minimum absolute atomic E-state index is 0.102. The zero-order chi connectivity index (χ0) is 27.7. The average Bonchev–Trinajstić information content (AvgIpc) is 3.57. The van der Waals surface area contributed by atoms with Crippen LogP contribution >= 0.6 is 0 Å². The van der Waals surface area contributed by atoms with Crippen LogP contribution in [0.25, 0.3) is 0 Å². The van der Waals surface area contributed by atoms with E-state index < -0.39 is 11.8 Å². The van der Waals surface area contributed by atoms with Gasteiger partial charge in [0.2, 0.25) is 0 Å². The van der Waals surface area contributed by atoms with Crippen molar-refractivity contribution in [1.29, 1.82) is 0 Å². The number of aromatic nitrogens is 6. The van der Waals surface area contributed by atoms with Crippen molar-refractivity contribution in [1.82, 2.24) is 34.7 Å². The molecule has 0 bridgehead atoms. The van der Waals surface area contributed by atoms with Crippen molar-refractivity contribution in [3.05, 3.63) is 53.4 Å². The standard InChI is InChI=1S/C28H38FN7O3/c1-18(2)21-6-5-7-23(16-21)39-19(3)25-31-32-26(34(25)4)20-8-10-22(11-9-20)36-17-24(30-33-36)28(29)12-14-35(15-13-28)27(37)38/h5-7,16-20,22H,8-15H2,1-4H3,(H,37,38)/t19-,20-,22-/m1/s1. The maximum absolute atomic E-state index is 15.5. The van der Waals surface area contributed by atoms with Crippen molar-refractivity contribution in [3.8, 4) is 5.75 Å². The Morgan fingerprint density at radius 3 is 2.49 bits per heavy atom.